The molecule has 0 unspecified atom stereocenters. The molecule has 0 aromatic heterocycles. The van der Waals surface area contributed by atoms with Crippen LogP contribution in [-0.2, 0) is 28.6 Å². The van der Waals surface area contributed by atoms with Gasteiger partial charge in [0, 0.05) is 19.3 Å². The summed E-state index contributed by atoms with van der Waals surface area (Å²) in [5.74, 6) is 0.000896. The Labute approximate surface area is 374 Å². The molecule has 0 aromatic carbocycles. The summed E-state index contributed by atoms with van der Waals surface area (Å²) >= 11 is 0. The monoisotopic (exact) mass is 849 g/mol. The zero-order chi connectivity index (χ0) is 43.8. The van der Waals surface area contributed by atoms with Crippen LogP contribution in [-0.4, -0.2) is 37.2 Å². The Morgan fingerprint density at radius 2 is 0.550 bits per heavy atom. The molecule has 356 valence electrons. The predicted octanol–water partition coefficient (Wildman–Crippen LogP) is 17.5. The van der Waals surface area contributed by atoms with Crippen molar-refractivity contribution in [2.24, 2.45) is 5.92 Å². The van der Waals surface area contributed by atoms with E-state index in [0.29, 0.717) is 19.3 Å². The van der Waals surface area contributed by atoms with Crippen molar-refractivity contribution in [3.8, 4) is 0 Å². The van der Waals surface area contributed by atoms with Gasteiger partial charge in [0.15, 0.2) is 6.10 Å². The molecular weight excluding hydrogens is 745 g/mol. The van der Waals surface area contributed by atoms with Gasteiger partial charge in [-0.1, -0.05) is 265 Å². The first-order valence-corrected chi connectivity index (χ1v) is 26.9. The van der Waals surface area contributed by atoms with Gasteiger partial charge in [-0.25, -0.2) is 0 Å². The highest BCUT2D eigenvalue weighted by Crippen LogP contribution is 2.17. The second kappa shape index (κ2) is 48.4. The molecule has 0 aliphatic heterocycles. The summed E-state index contributed by atoms with van der Waals surface area (Å²) in [7, 11) is 0. The highest BCUT2D eigenvalue weighted by atomic mass is 16.6. The molecule has 0 radical (unpaired) electrons. The average molecular weight is 849 g/mol. The maximum absolute atomic E-state index is 12.8. The molecule has 6 nitrogen and oxygen atoms in total. The number of carbonyl (C=O) groups is 3. The van der Waals surface area contributed by atoms with Gasteiger partial charge < -0.3 is 14.2 Å². The van der Waals surface area contributed by atoms with E-state index in [1.54, 1.807) is 0 Å². The fourth-order valence-electron chi connectivity index (χ4n) is 8.22. The van der Waals surface area contributed by atoms with Gasteiger partial charge in [-0.05, 0) is 25.2 Å². The average Bonchev–Trinajstić information content (AvgIpc) is 3.23. The summed E-state index contributed by atoms with van der Waals surface area (Å²) in [6, 6.07) is 0. The summed E-state index contributed by atoms with van der Waals surface area (Å²) in [4.78, 5) is 37.8. The predicted molar refractivity (Wildman–Crippen MR) is 257 cm³/mol. The lowest BCUT2D eigenvalue weighted by atomic mass is 10.0. The van der Waals surface area contributed by atoms with Crippen LogP contribution in [0.1, 0.15) is 304 Å². The summed E-state index contributed by atoms with van der Waals surface area (Å²) in [5.41, 5.74) is 0. The van der Waals surface area contributed by atoms with Crippen LogP contribution < -0.4 is 0 Å². The number of hydrogen-bond donors (Lipinski definition) is 0. The van der Waals surface area contributed by atoms with Gasteiger partial charge in [0.05, 0.1) is 0 Å². The maximum atomic E-state index is 12.8. The van der Waals surface area contributed by atoms with Crippen molar-refractivity contribution in [1.82, 2.24) is 0 Å². The Morgan fingerprint density at radius 1 is 0.317 bits per heavy atom. The van der Waals surface area contributed by atoms with Crippen LogP contribution in [0.25, 0.3) is 0 Å². The molecule has 0 saturated heterocycles. The summed E-state index contributed by atoms with van der Waals surface area (Å²) in [5, 5.41) is 0. The zero-order valence-corrected chi connectivity index (χ0v) is 40.9. The van der Waals surface area contributed by atoms with E-state index >= 15 is 0 Å². The van der Waals surface area contributed by atoms with Crippen molar-refractivity contribution in [3.63, 3.8) is 0 Å². The number of hydrogen-bond acceptors (Lipinski definition) is 6. The third-order valence-corrected chi connectivity index (χ3v) is 12.3. The van der Waals surface area contributed by atoms with Gasteiger partial charge in [0.1, 0.15) is 13.2 Å². The first kappa shape index (κ1) is 58.4. The molecule has 0 bridgehead atoms. The van der Waals surface area contributed by atoms with Gasteiger partial charge in [-0.2, -0.15) is 0 Å². The van der Waals surface area contributed by atoms with E-state index in [1.165, 1.54) is 199 Å². The standard InChI is InChI=1S/C54H104O6/c1-5-7-9-11-13-14-15-16-17-18-21-25-28-31-35-39-43-47-54(57)60-51(48-58-52(55)45-41-37-32-12-10-8-6-2)49-59-53(56)46-42-38-34-30-27-24-22-19-20-23-26-29-33-36-40-44-50(3)4/h50-51H,5-49H2,1-4H3/t51-/m0/s1. The maximum Gasteiger partial charge on any atom is 0.306 e. The first-order valence-electron chi connectivity index (χ1n) is 26.9. The van der Waals surface area contributed by atoms with Crippen molar-refractivity contribution in [2.75, 3.05) is 13.2 Å². The molecule has 0 rings (SSSR count). The van der Waals surface area contributed by atoms with Crippen LogP contribution in [0.15, 0.2) is 0 Å². The Kier molecular flexibility index (Phi) is 47.2. The van der Waals surface area contributed by atoms with Gasteiger partial charge in [-0.15, -0.1) is 0 Å². The highest BCUT2D eigenvalue weighted by molar-refractivity contribution is 5.71. The third kappa shape index (κ3) is 47.5. The van der Waals surface area contributed by atoms with Crippen LogP contribution in [0.4, 0.5) is 0 Å². The summed E-state index contributed by atoms with van der Waals surface area (Å²) in [6.07, 6.45) is 51.1. The molecule has 0 spiro atoms. The SMILES string of the molecule is CCCCCCCCCCCCCCCCCCCC(=O)O[C@@H](COC(=O)CCCCCCCCC)COC(=O)CCCCCCCCCCCCCCCCCC(C)C. The molecule has 0 amide bonds. The molecule has 0 N–H and O–H groups in total. The smallest absolute Gasteiger partial charge is 0.306 e. The minimum atomic E-state index is -0.759. The fourth-order valence-corrected chi connectivity index (χ4v) is 8.22. The Bertz CT molecular complexity index is 903. The van der Waals surface area contributed by atoms with E-state index in [0.717, 1.165) is 63.7 Å². The normalized spacial score (nSPS) is 11.9. The molecule has 6 heteroatoms. The molecule has 0 heterocycles. The van der Waals surface area contributed by atoms with E-state index in [4.69, 9.17) is 14.2 Å². The van der Waals surface area contributed by atoms with E-state index in [9.17, 15) is 14.4 Å². The molecule has 0 fully saturated rings. The van der Waals surface area contributed by atoms with Crippen molar-refractivity contribution < 1.29 is 28.6 Å². The number of rotatable bonds is 49. The van der Waals surface area contributed by atoms with E-state index in [-0.39, 0.29) is 31.1 Å². The van der Waals surface area contributed by atoms with Crippen LogP contribution in [0.2, 0.25) is 0 Å². The second-order valence-corrected chi connectivity index (χ2v) is 19.0. The van der Waals surface area contributed by atoms with Crippen molar-refractivity contribution in [2.45, 2.75) is 310 Å². The van der Waals surface area contributed by atoms with Crippen LogP contribution in [0.3, 0.4) is 0 Å². The fraction of sp³-hybridized carbons (Fsp3) is 0.944. The summed E-state index contributed by atoms with van der Waals surface area (Å²) < 4.78 is 16.8. The topological polar surface area (TPSA) is 78.9 Å². The van der Waals surface area contributed by atoms with Crippen LogP contribution in [0.5, 0.6) is 0 Å². The number of unbranched alkanes of at least 4 members (excludes halogenated alkanes) is 36. The molecule has 0 aliphatic carbocycles. The highest BCUT2D eigenvalue weighted by Gasteiger charge is 2.19. The Balaban J connectivity index is 4.17. The van der Waals surface area contributed by atoms with Crippen LogP contribution >= 0.6 is 0 Å². The number of carbonyl (C=O) groups excluding carboxylic acids is 3. The molecule has 60 heavy (non-hydrogen) atoms. The second-order valence-electron chi connectivity index (χ2n) is 19.0. The Morgan fingerprint density at radius 3 is 0.817 bits per heavy atom. The van der Waals surface area contributed by atoms with E-state index in [2.05, 4.69) is 27.7 Å². The van der Waals surface area contributed by atoms with Gasteiger partial charge in [0.2, 0.25) is 0 Å². The first-order chi connectivity index (χ1) is 29.4. The molecule has 0 aromatic rings. The van der Waals surface area contributed by atoms with Gasteiger partial charge >= 0.3 is 17.9 Å². The third-order valence-electron chi connectivity index (χ3n) is 12.3. The minimum Gasteiger partial charge on any atom is -0.462 e. The molecular formula is C54H104O6. The van der Waals surface area contributed by atoms with Gasteiger partial charge in [0.25, 0.3) is 0 Å². The molecule has 0 aliphatic rings. The van der Waals surface area contributed by atoms with Gasteiger partial charge in [-0.3, -0.25) is 14.4 Å². The van der Waals surface area contributed by atoms with Crippen LogP contribution in [0, 0.1) is 5.92 Å². The lowest BCUT2D eigenvalue weighted by Crippen LogP contribution is -2.30. The molecule has 1 atom stereocenters. The van der Waals surface area contributed by atoms with E-state index < -0.39 is 6.10 Å². The van der Waals surface area contributed by atoms with E-state index in [1.807, 2.05) is 0 Å². The lowest BCUT2D eigenvalue weighted by molar-refractivity contribution is -0.167. The largest absolute Gasteiger partial charge is 0.462 e. The molecule has 0 saturated carbocycles. The number of ether oxygens (including phenoxy) is 3. The van der Waals surface area contributed by atoms with Crippen molar-refractivity contribution >= 4 is 17.9 Å². The van der Waals surface area contributed by atoms with Crippen molar-refractivity contribution in [1.29, 1.82) is 0 Å². The van der Waals surface area contributed by atoms with Crippen molar-refractivity contribution in [3.05, 3.63) is 0 Å². The minimum absolute atomic E-state index is 0.0629. The number of esters is 3. The quantitative estimate of drug-likeness (QED) is 0.0345. The lowest BCUT2D eigenvalue weighted by Gasteiger charge is -2.18. The Hall–Kier alpha value is -1.59. The summed E-state index contributed by atoms with van der Waals surface area (Å²) in [6.45, 7) is 9.01. The zero-order valence-electron chi connectivity index (χ0n) is 40.9.